The first-order valence-corrected chi connectivity index (χ1v) is 7.76. The molecule has 0 aromatic heterocycles. The number of hydrogen-bond donors (Lipinski definition) is 2. The molecule has 0 radical (unpaired) electrons. The zero-order valence-corrected chi connectivity index (χ0v) is 12.2. The van der Waals surface area contributed by atoms with Gasteiger partial charge in [0.25, 0.3) is 5.69 Å². The summed E-state index contributed by atoms with van der Waals surface area (Å²) in [6.07, 6.45) is 1.35. The van der Waals surface area contributed by atoms with Gasteiger partial charge in [-0.1, -0.05) is 18.2 Å². The minimum Gasteiger partial charge on any atom is -0.308 e. The lowest BCUT2D eigenvalue weighted by Gasteiger charge is -2.06. The first-order chi connectivity index (χ1) is 10.5. The minimum atomic E-state index is -3.68. The van der Waals surface area contributed by atoms with E-state index in [0.717, 1.165) is 5.41 Å². The van der Waals surface area contributed by atoms with Gasteiger partial charge in [-0.2, -0.15) is 0 Å². The molecule has 0 aliphatic rings. The fourth-order valence-corrected chi connectivity index (χ4v) is 2.23. The Labute approximate surface area is 127 Å². The van der Waals surface area contributed by atoms with Crippen molar-refractivity contribution in [1.82, 2.24) is 4.83 Å². The molecule has 0 bridgehead atoms. The van der Waals surface area contributed by atoms with Gasteiger partial charge in [0.15, 0.2) is 0 Å². The topological polar surface area (TPSA) is 101 Å². The number of para-hydroxylation sites is 1. The first kappa shape index (κ1) is 15.7. The van der Waals surface area contributed by atoms with E-state index in [0.29, 0.717) is 11.3 Å². The average Bonchev–Trinajstić information content (AvgIpc) is 2.53. The molecule has 0 heterocycles. The van der Waals surface area contributed by atoms with Crippen LogP contribution in [0.1, 0.15) is 5.56 Å². The van der Waals surface area contributed by atoms with Crippen LogP contribution in [0.3, 0.4) is 0 Å². The van der Waals surface area contributed by atoms with E-state index in [1.54, 1.807) is 24.3 Å². The van der Waals surface area contributed by atoms with E-state index in [2.05, 4.69) is 10.3 Å². The van der Waals surface area contributed by atoms with Crippen LogP contribution < -0.4 is 10.3 Å². The quantitative estimate of drug-likeness (QED) is 0.629. The van der Waals surface area contributed by atoms with Crippen LogP contribution in [0.2, 0.25) is 0 Å². The highest BCUT2D eigenvalue weighted by atomic mass is 32.2. The predicted octanol–water partition coefficient (Wildman–Crippen LogP) is 2.51. The minimum absolute atomic E-state index is 0.0520. The number of nitrogens with one attached hydrogen (secondary N) is 2. The van der Waals surface area contributed by atoms with E-state index in [9.17, 15) is 18.5 Å². The van der Waals surface area contributed by atoms with Crippen molar-refractivity contribution in [1.29, 1.82) is 0 Å². The van der Waals surface area contributed by atoms with Crippen LogP contribution in [0.25, 0.3) is 6.08 Å². The molecule has 2 N–H and O–H groups in total. The van der Waals surface area contributed by atoms with Crippen LogP contribution in [0, 0.1) is 10.1 Å². The molecular weight excluding hydrogens is 306 g/mol. The van der Waals surface area contributed by atoms with Crippen molar-refractivity contribution in [3.05, 3.63) is 75.7 Å². The SMILES string of the molecule is O=[N+]([O-])c1ccc(/C=C/S(=O)(=O)NNc2ccccc2)cc1. The fraction of sp³-hybridized carbons (Fsp3) is 0. The van der Waals surface area contributed by atoms with Crippen molar-refractivity contribution in [2.75, 3.05) is 5.43 Å². The number of benzene rings is 2. The van der Waals surface area contributed by atoms with Gasteiger partial charge in [-0.25, -0.2) is 8.42 Å². The van der Waals surface area contributed by atoms with Gasteiger partial charge in [0, 0.05) is 23.2 Å². The molecule has 0 amide bonds. The van der Waals surface area contributed by atoms with Gasteiger partial charge >= 0.3 is 0 Å². The standard InChI is InChI=1S/C14H13N3O4S/c18-17(19)14-8-6-12(7-9-14)10-11-22(20,21)16-15-13-4-2-1-3-5-13/h1-11,15-16H/b11-10+. The molecule has 8 heteroatoms. The van der Waals surface area contributed by atoms with Gasteiger partial charge in [0.05, 0.1) is 4.92 Å². The largest absolute Gasteiger partial charge is 0.308 e. The zero-order chi connectivity index (χ0) is 16.0. The van der Waals surface area contributed by atoms with Crippen molar-refractivity contribution in [3.8, 4) is 0 Å². The molecule has 2 rings (SSSR count). The molecule has 0 fully saturated rings. The number of sulfonamides is 1. The Morgan fingerprint density at radius 1 is 1.00 bits per heavy atom. The molecule has 0 saturated heterocycles. The van der Waals surface area contributed by atoms with E-state index < -0.39 is 14.9 Å². The highest BCUT2D eigenvalue weighted by molar-refractivity contribution is 7.92. The summed E-state index contributed by atoms with van der Waals surface area (Å²) in [5.41, 5.74) is 3.66. The Hall–Kier alpha value is -2.71. The first-order valence-electron chi connectivity index (χ1n) is 6.22. The third-order valence-electron chi connectivity index (χ3n) is 2.65. The second-order valence-electron chi connectivity index (χ2n) is 4.29. The summed E-state index contributed by atoms with van der Waals surface area (Å²) in [7, 11) is -3.68. The summed E-state index contributed by atoms with van der Waals surface area (Å²) in [5.74, 6) is 0. The number of hydrazine groups is 1. The average molecular weight is 319 g/mol. The van der Waals surface area contributed by atoms with Gasteiger partial charge in [-0.05, 0) is 35.9 Å². The normalized spacial score (nSPS) is 11.5. The molecule has 0 unspecified atom stereocenters. The summed E-state index contributed by atoms with van der Waals surface area (Å²) in [4.78, 5) is 12.2. The molecular formula is C14H13N3O4S. The van der Waals surface area contributed by atoms with Gasteiger partial charge in [-0.15, -0.1) is 4.83 Å². The maximum Gasteiger partial charge on any atom is 0.269 e. The Morgan fingerprint density at radius 3 is 2.23 bits per heavy atom. The molecule has 0 atom stereocenters. The van der Waals surface area contributed by atoms with Crippen LogP contribution >= 0.6 is 0 Å². The van der Waals surface area contributed by atoms with Gasteiger partial charge in [-0.3, -0.25) is 10.1 Å². The third kappa shape index (κ3) is 4.69. The molecule has 114 valence electrons. The maximum absolute atomic E-state index is 11.8. The number of nitrogens with zero attached hydrogens (tertiary/aromatic N) is 1. The van der Waals surface area contributed by atoms with Gasteiger partial charge in [0.2, 0.25) is 10.0 Å². The Bertz CT molecular complexity index is 771. The van der Waals surface area contributed by atoms with Gasteiger partial charge in [0.1, 0.15) is 0 Å². The maximum atomic E-state index is 11.8. The van der Waals surface area contributed by atoms with Crippen LogP contribution in [-0.4, -0.2) is 13.3 Å². The van der Waals surface area contributed by atoms with E-state index in [4.69, 9.17) is 0 Å². The lowest BCUT2D eigenvalue weighted by Crippen LogP contribution is -2.27. The molecule has 2 aromatic carbocycles. The molecule has 0 aliphatic carbocycles. The highest BCUT2D eigenvalue weighted by Gasteiger charge is 2.05. The monoisotopic (exact) mass is 319 g/mol. The summed E-state index contributed by atoms with van der Waals surface area (Å²) < 4.78 is 23.6. The molecule has 0 aliphatic heterocycles. The summed E-state index contributed by atoms with van der Waals surface area (Å²) in [6, 6.07) is 14.3. The fourth-order valence-electron chi connectivity index (χ4n) is 1.56. The number of nitro benzene ring substituents is 1. The molecule has 2 aromatic rings. The lowest BCUT2D eigenvalue weighted by molar-refractivity contribution is -0.384. The number of nitro groups is 1. The smallest absolute Gasteiger partial charge is 0.269 e. The summed E-state index contributed by atoms with van der Waals surface area (Å²) >= 11 is 0. The van der Waals surface area contributed by atoms with Crippen LogP contribution in [0.15, 0.2) is 60.0 Å². The second kappa shape index (κ2) is 6.83. The van der Waals surface area contributed by atoms with E-state index >= 15 is 0 Å². The van der Waals surface area contributed by atoms with Crippen molar-refractivity contribution in [2.45, 2.75) is 0 Å². The Morgan fingerprint density at radius 2 is 1.64 bits per heavy atom. The zero-order valence-electron chi connectivity index (χ0n) is 11.3. The van der Waals surface area contributed by atoms with Crippen LogP contribution in [0.4, 0.5) is 11.4 Å². The molecule has 22 heavy (non-hydrogen) atoms. The Balaban J connectivity index is 2.00. The molecule has 0 saturated carbocycles. The number of rotatable bonds is 6. The van der Waals surface area contributed by atoms with E-state index in [-0.39, 0.29) is 5.69 Å². The van der Waals surface area contributed by atoms with Crippen molar-refractivity contribution in [3.63, 3.8) is 0 Å². The van der Waals surface area contributed by atoms with Crippen molar-refractivity contribution < 1.29 is 13.3 Å². The second-order valence-corrected chi connectivity index (χ2v) is 5.86. The van der Waals surface area contributed by atoms with Gasteiger partial charge < -0.3 is 5.43 Å². The summed E-state index contributed by atoms with van der Waals surface area (Å²) in [6.45, 7) is 0. The predicted molar refractivity (Wildman–Crippen MR) is 84.3 cm³/mol. The van der Waals surface area contributed by atoms with Crippen molar-refractivity contribution >= 4 is 27.5 Å². The van der Waals surface area contributed by atoms with Crippen LogP contribution in [0.5, 0.6) is 0 Å². The number of hydrogen-bond acceptors (Lipinski definition) is 5. The molecule has 0 spiro atoms. The highest BCUT2D eigenvalue weighted by Crippen LogP contribution is 2.13. The van der Waals surface area contributed by atoms with E-state index in [1.165, 1.54) is 30.3 Å². The summed E-state index contributed by atoms with van der Waals surface area (Å²) in [5, 5.41) is 11.5. The lowest BCUT2D eigenvalue weighted by atomic mass is 10.2. The van der Waals surface area contributed by atoms with Crippen LogP contribution in [-0.2, 0) is 10.0 Å². The number of anilines is 1. The Kier molecular flexibility index (Phi) is 4.87. The van der Waals surface area contributed by atoms with E-state index in [1.807, 2.05) is 6.07 Å². The third-order valence-corrected chi connectivity index (χ3v) is 3.54. The molecule has 7 nitrogen and oxygen atoms in total. The van der Waals surface area contributed by atoms with Crippen molar-refractivity contribution in [2.24, 2.45) is 0 Å². The number of non-ortho nitro benzene ring substituents is 1.